The minimum absolute atomic E-state index is 0. The first-order valence-electron chi connectivity index (χ1n) is 9.25. The van der Waals surface area contributed by atoms with E-state index in [1.165, 1.54) is 5.56 Å². The Kier molecular flexibility index (Phi) is 11.6. The first kappa shape index (κ1) is 25.2. The van der Waals surface area contributed by atoms with E-state index in [2.05, 4.69) is 20.3 Å². The second-order valence-electron chi connectivity index (χ2n) is 6.00. The quantitative estimate of drug-likeness (QED) is 0.189. The summed E-state index contributed by atoms with van der Waals surface area (Å²) in [6, 6.07) is 16.2. The standard InChI is InChI=1S/C20H28N4O3S.HI/c1-3-21-20(22-14-13-17-9-11-18(27-2)12-10-17)23-15-16-24-28(25,26)19-7-5-4-6-8-19;/h4-12,24H,3,13-16H2,1-2H3,(H2,21,22,23);1H. The number of nitrogens with one attached hydrogen (secondary N) is 3. The molecule has 29 heavy (non-hydrogen) atoms. The Morgan fingerprint density at radius 1 is 1.00 bits per heavy atom. The van der Waals surface area contributed by atoms with Gasteiger partial charge in [0.15, 0.2) is 5.96 Å². The van der Waals surface area contributed by atoms with Gasteiger partial charge in [-0.25, -0.2) is 13.1 Å². The molecule has 160 valence electrons. The summed E-state index contributed by atoms with van der Waals surface area (Å²) in [6.07, 6.45) is 0.842. The molecule has 2 aromatic rings. The van der Waals surface area contributed by atoms with Crippen LogP contribution < -0.4 is 20.1 Å². The third kappa shape index (κ3) is 9.01. The van der Waals surface area contributed by atoms with Gasteiger partial charge in [-0.3, -0.25) is 4.99 Å². The lowest BCUT2D eigenvalue weighted by molar-refractivity contribution is 0.414. The molecular weight excluding hydrogens is 503 g/mol. The molecule has 0 spiro atoms. The number of sulfonamides is 1. The maximum absolute atomic E-state index is 12.2. The lowest BCUT2D eigenvalue weighted by Crippen LogP contribution is -2.39. The Hall–Kier alpha value is -1.85. The molecule has 0 atom stereocenters. The average Bonchev–Trinajstić information content (AvgIpc) is 2.72. The zero-order valence-corrected chi connectivity index (χ0v) is 19.9. The molecule has 0 unspecified atom stereocenters. The molecule has 0 saturated heterocycles. The number of halogens is 1. The van der Waals surface area contributed by atoms with Gasteiger partial charge in [0.2, 0.25) is 10.0 Å². The van der Waals surface area contributed by atoms with Gasteiger partial charge < -0.3 is 15.4 Å². The molecule has 9 heteroatoms. The summed E-state index contributed by atoms with van der Waals surface area (Å²) >= 11 is 0. The van der Waals surface area contributed by atoms with Gasteiger partial charge >= 0.3 is 0 Å². The van der Waals surface area contributed by atoms with Gasteiger partial charge in [0.05, 0.1) is 18.6 Å². The van der Waals surface area contributed by atoms with Crippen molar-refractivity contribution in [2.45, 2.75) is 18.2 Å². The third-order valence-electron chi connectivity index (χ3n) is 3.94. The minimum Gasteiger partial charge on any atom is -0.497 e. The van der Waals surface area contributed by atoms with Crippen molar-refractivity contribution < 1.29 is 13.2 Å². The molecule has 2 rings (SSSR count). The maximum atomic E-state index is 12.2. The number of ether oxygens (including phenoxy) is 1. The van der Waals surface area contributed by atoms with Crippen molar-refractivity contribution in [1.82, 2.24) is 15.4 Å². The van der Waals surface area contributed by atoms with Crippen molar-refractivity contribution in [3.05, 3.63) is 60.2 Å². The van der Waals surface area contributed by atoms with Crippen LogP contribution in [0, 0.1) is 0 Å². The lowest BCUT2D eigenvalue weighted by atomic mass is 10.1. The fraction of sp³-hybridized carbons (Fsp3) is 0.350. The second-order valence-corrected chi connectivity index (χ2v) is 7.76. The van der Waals surface area contributed by atoms with Gasteiger partial charge in [-0.2, -0.15) is 0 Å². The molecule has 0 bridgehead atoms. The molecule has 0 aromatic heterocycles. The van der Waals surface area contributed by atoms with Crippen LogP contribution in [-0.4, -0.2) is 47.7 Å². The summed E-state index contributed by atoms with van der Waals surface area (Å²) in [5.41, 5.74) is 1.19. The van der Waals surface area contributed by atoms with Crippen LogP contribution in [-0.2, 0) is 16.4 Å². The average molecular weight is 532 g/mol. The number of benzene rings is 2. The molecule has 0 saturated carbocycles. The Morgan fingerprint density at radius 3 is 2.31 bits per heavy atom. The molecule has 0 aliphatic rings. The number of hydrogen-bond donors (Lipinski definition) is 3. The number of guanidine groups is 1. The van der Waals surface area contributed by atoms with Gasteiger partial charge in [0, 0.05) is 19.6 Å². The van der Waals surface area contributed by atoms with Crippen LogP contribution in [0.25, 0.3) is 0 Å². The van der Waals surface area contributed by atoms with Crippen LogP contribution in [0.4, 0.5) is 0 Å². The highest BCUT2D eigenvalue weighted by Gasteiger charge is 2.11. The van der Waals surface area contributed by atoms with E-state index < -0.39 is 10.0 Å². The molecule has 0 radical (unpaired) electrons. The predicted octanol–water partition coefficient (Wildman–Crippen LogP) is 2.39. The molecule has 7 nitrogen and oxygen atoms in total. The summed E-state index contributed by atoms with van der Waals surface area (Å²) in [4.78, 5) is 4.67. The third-order valence-corrected chi connectivity index (χ3v) is 5.41. The van der Waals surface area contributed by atoms with Crippen molar-refractivity contribution in [2.24, 2.45) is 4.99 Å². The first-order valence-corrected chi connectivity index (χ1v) is 10.7. The van der Waals surface area contributed by atoms with Crippen LogP contribution in [0.15, 0.2) is 64.5 Å². The van der Waals surface area contributed by atoms with Gasteiger partial charge in [-0.1, -0.05) is 30.3 Å². The Morgan fingerprint density at radius 2 is 1.69 bits per heavy atom. The highest BCUT2D eigenvalue weighted by molar-refractivity contribution is 14.0. The van der Waals surface area contributed by atoms with E-state index in [1.54, 1.807) is 37.4 Å². The number of methoxy groups -OCH3 is 1. The smallest absolute Gasteiger partial charge is 0.240 e. The highest BCUT2D eigenvalue weighted by Crippen LogP contribution is 2.11. The van der Waals surface area contributed by atoms with Crippen molar-refractivity contribution in [3.63, 3.8) is 0 Å². The fourth-order valence-corrected chi connectivity index (χ4v) is 3.53. The SMILES string of the molecule is CCNC(=NCCNS(=O)(=O)c1ccccc1)NCCc1ccc(OC)cc1.I. The first-order chi connectivity index (χ1) is 13.5. The van der Waals surface area contributed by atoms with E-state index in [1.807, 2.05) is 31.2 Å². The van der Waals surface area contributed by atoms with Gasteiger partial charge in [-0.05, 0) is 43.2 Å². The monoisotopic (exact) mass is 532 g/mol. The summed E-state index contributed by atoms with van der Waals surface area (Å²) in [6.45, 7) is 3.99. The van der Waals surface area contributed by atoms with Crippen LogP contribution in [0.3, 0.4) is 0 Å². The topological polar surface area (TPSA) is 91.8 Å². The molecular formula is C20H29IN4O3S. The van der Waals surface area contributed by atoms with Gasteiger partial charge in [0.1, 0.15) is 5.75 Å². The largest absolute Gasteiger partial charge is 0.497 e. The molecule has 0 fully saturated rings. The fourth-order valence-electron chi connectivity index (χ4n) is 2.49. The summed E-state index contributed by atoms with van der Waals surface area (Å²) < 4.78 is 32.1. The van der Waals surface area contributed by atoms with Gasteiger partial charge in [-0.15, -0.1) is 24.0 Å². The highest BCUT2D eigenvalue weighted by atomic mass is 127. The van der Waals surface area contributed by atoms with E-state index in [9.17, 15) is 8.42 Å². The zero-order chi connectivity index (χ0) is 20.2. The number of hydrogen-bond acceptors (Lipinski definition) is 4. The van der Waals surface area contributed by atoms with Crippen LogP contribution in [0.5, 0.6) is 5.75 Å². The number of nitrogens with zero attached hydrogens (tertiary/aromatic N) is 1. The van der Waals surface area contributed by atoms with E-state index in [0.717, 1.165) is 18.7 Å². The Labute approximate surface area is 190 Å². The Balaban J connectivity index is 0.00000420. The molecule has 0 aliphatic carbocycles. The van der Waals surface area contributed by atoms with Crippen LogP contribution in [0.2, 0.25) is 0 Å². The second kappa shape index (κ2) is 13.4. The minimum atomic E-state index is -3.50. The van der Waals surface area contributed by atoms with Crippen molar-refractivity contribution in [2.75, 3.05) is 33.3 Å². The summed E-state index contributed by atoms with van der Waals surface area (Å²) in [5, 5.41) is 6.42. The number of rotatable bonds is 10. The Bertz CT molecular complexity index is 844. The van der Waals surface area contributed by atoms with Gasteiger partial charge in [0.25, 0.3) is 0 Å². The van der Waals surface area contributed by atoms with Crippen molar-refractivity contribution in [3.8, 4) is 5.75 Å². The lowest BCUT2D eigenvalue weighted by Gasteiger charge is -2.12. The van der Waals surface area contributed by atoms with Crippen LogP contribution >= 0.6 is 24.0 Å². The van der Waals surface area contributed by atoms with Crippen molar-refractivity contribution in [1.29, 1.82) is 0 Å². The maximum Gasteiger partial charge on any atom is 0.240 e. The van der Waals surface area contributed by atoms with E-state index in [0.29, 0.717) is 19.0 Å². The molecule has 2 aromatic carbocycles. The molecule has 0 heterocycles. The summed E-state index contributed by atoms with van der Waals surface area (Å²) in [7, 11) is -1.85. The molecule has 0 aliphatic heterocycles. The molecule has 0 amide bonds. The van der Waals surface area contributed by atoms with E-state index >= 15 is 0 Å². The van der Waals surface area contributed by atoms with E-state index in [-0.39, 0.29) is 35.4 Å². The van der Waals surface area contributed by atoms with Crippen molar-refractivity contribution >= 4 is 40.0 Å². The number of aliphatic imine (C=N–C) groups is 1. The van der Waals surface area contributed by atoms with E-state index in [4.69, 9.17) is 4.74 Å². The predicted molar refractivity (Wildman–Crippen MR) is 128 cm³/mol. The molecule has 3 N–H and O–H groups in total. The van der Waals surface area contributed by atoms with Crippen LogP contribution in [0.1, 0.15) is 12.5 Å². The zero-order valence-electron chi connectivity index (χ0n) is 16.7. The summed E-state index contributed by atoms with van der Waals surface area (Å²) in [5.74, 6) is 1.50. The normalized spacial score (nSPS) is 11.4.